The molecule has 20 heavy (non-hydrogen) atoms. The number of carbonyl (C=O) groups is 2. The van der Waals surface area contributed by atoms with Crippen LogP contribution >= 0.6 is 0 Å². The molecule has 0 fully saturated rings. The number of hydrogen-bond acceptors (Lipinski definition) is 5. The Balaban J connectivity index is 2.92. The zero-order valence-corrected chi connectivity index (χ0v) is 12.5. The van der Waals surface area contributed by atoms with E-state index in [2.05, 4.69) is 10.3 Å². The van der Waals surface area contributed by atoms with Crippen LogP contribution in [0.4, 0.5) is 10.6 Å². The van der Waals surface area contributed by atoms with Gasteiger partial charge in [-0.2, -0.15) is 0 Å². The molecule has 1 aromatic rings. The van der Waals surface area contributed by atoms with Crippen LogP contribution < -0.4 is 10.2 Å². The summed E-state index contributed by atoms with van der Waals surface area (Å²) in [7, 11) is 3.64. The van der Waals surface area contributed by atoms with E-state index in [1.165, 1.54) is 0 Å². The third-order valence-electron chi connectivity index (χ3n) is 2.38. The molecule has 0 aliphatic rings. The van der Waals surface area contributed by atoms with Gasteiger partial charge in [-0.25, -0.2) is 9.78 Å². The largest absolute Gasteiger partial charge is 0.444 e. The number of pyridine rings is 1. The summed E-state index contributed by atoms with van der Waals surface area (Å²) < 4.78 is 5.15. The predicted molar refractivity (Wildman–Crippen MR) is 76.7 cm³/mol. The number of nitrogens with one attached hydrogen (secondary N) is 1. The normalized spacial score (nSPS) is 12.4. The van der Waals surface area contributed by atoms with E-state index in [-0.39, 0.29) is 0 Å². The number of aromatic nitrogens is 1. The van der Waals surface area contributed by atoms with Crippen LogP contribution in [0.1, 0.15) is 32.4 Å². The second-order valence-electron chi connectivity index (χ2n) is 5.57. The summed E-state index contributed by atoms with van der Waals surface area (Å²) in [4.78, 5) is 29.0. The average molecular weight is 279 g/mol. The van der Waals surface area contributed by atoms with Crippen LogP contribution in [0.5, 0.6) is 0 Å². The van der Waals surface area contributed by atoms with Gasteiger partial charge < -0.3 is 19.7 Å². The molecule has 1 unspecified atom stereocenters. The molecule has 1 N–H and O–H groups in total. The first-order valence-corrected chi connectivity index (χ1v) is 6.31. The van der Waals surface area contributed by atoms with Crippen molar-refractivity contribution in [1.82, 2.24) is 10.3 Å². The average Bonchev–Trinajstić information content (AvgIpc) is 2.33. The van der Waals surface area contributed by atoms with Gasteiger partial charge in [-0.3, -0.25) is 0 Å². The first kappa shape index (κ1) is 15.9. The fourth-order valence-electron chi connectivity index (χ4n) is 1.65. The zero-order chi connectivity index (χ0) is 15.3. The second-order valence-corrected chi connectivity index (χ2v) is 5.57. The minimum Gasteiger partial charge on any atom is -0.444 e. The molecule has 0 aliphatic carbocycles. The maximum Gasteiger partial charge on any atom is 0.408 e. The minimum absolute atomic E-state index is 0.614. The molecule has 6 nitrogen and oxygen atoms in total. The van der Waals surface area contributed by atoms with E-state index < -0.39 is 17.7 Å². The lowest BCUT2D eigenvalue weighted by atomic mass is 10.1. The Morgan fingerprint density at radius 2 is 2.10 bits per heavy atom. The number of anilines is 1. The van der Waals surface area contributed by atoms with E-state index in [9.17, 15) is 9.59 Å². The van der Waals surface area contributed by atoms with Crippen molar-refractivity contribution in [2.75, 3.05) is 19.0 Å². The first-order chi connectivity index (χ1) is 9.24. The van der Waals surface area contributed by atoms with Crippen LogP contribution in [0.2, 0.25) is 0 Å². The van der Waals surface area contributed by atoms with Gasteiger partial charge in [0.1, 0.15) is 23.7 Å². The Bertz CT molecular complexity index is 481. The number of alkyl carbamates (subject to hydrolysis) is 1. The van der Waals surface area contributed by atoms with E-state index in [1.54, 1.807) is 44.0 Å². The highest BCUT2D eigenvalue weighted by Gasteiger charge is 2.22. The predicted octanol–water partition coefficient (Wildman–Crippen LogP) is 1.91. The first-order valence-electron chi connectivity index (χ1n) is 6.31. The summed E-state index contributed by atoms with van der Waals surface area (Å²) in [6.45, 7) is 5.29. The maximum absolute atomic E-state index is 11.8. The summed E-state index contributed by atoms with van der Waals surface area (Å²) >= 11 is 0. The highest BCUT2D eigenvalue weighted by molar-refractivity contribution is 5.76. The molecule has 0 aromatic carbocycles. The quantitative estimate of drug-likeness (QED) is 0.852. The molecule has 110 valence electrons. The molecule has 6 heteroatoms. The van der Waals surface area contributed by atoms with Gasteiger partial charge >= 0.3 is 6.09 Å². The smallest absolute Gasteiger partial charge is 0.408 e. The highest BCUT2D eigenvalue weighted by atomic mass is 16.6. The van der Waals surface area contributed by atoms with Crippen LogP contribution in [0.25, 0.3) is 0 Å². The lowest BCUT2D eigenvalue weighted by Gasteiger charge is -2.23. The Hall–Kier alpha value is -2.11. The van der Waals surface area contributed by atoms with E-state index in [0.717, 1.165) is 0 Å². The summed E-state index contributed by atoms with van der Waals surface area (Å²) in [6.07, 6.45) is 1.66. The maximum atomic E-state index is 11.8. The molecular formula is C14H21N3O3. The molecule has 1 amide bonds. The Morgan fingerprint density at radius 3 is 2.60 bits per heavy atom. The van der Waals surface area contributed by atoms with Gasteiger partial charge in [0, 0.05) is 25.9 Å². The molecule has 1 atom stereocenters. The molecule has 0 bridgehead atoms. The van der Waals surface area contributed by atoms with E-state index in [4.69, 9.17) is 4.74 Å². The number of aldehydes is 1. The van der Waals surface area contributed by atoms with Crippen molar-refractivity contribution < 1.29 is 14.3 Å². The van der Waals surface area contributed by atoms with Crippen LogP contribution in [-0.4, -0.2) is 37.1 Å². The van der Waals surface area contributed by atoms with Gasteiger partial charge in [0.2, 0.25) is 0 Å². The third kappa shape index (κ3) is 4.53. The molecule has 0 aliphatic heterocycles. The van der Waals surface area contributed by atoms with Gasteiger partial charge in [-0.15, -0.1) is 0 Å². The zero-order valence-electron chi connectivity index (χ0n) is 12.5. The van der Waals surface area contributed by atoms with E-state index >= 15 is 0 Å². The number of rotatable bonds is 4. The van der Waals surface area contributed by atoms with Gasteiger partial charge in [-0.1, -0.05) is 6.07 Å². The molecule has 0 saturated carbocycles. The monoisotopic (exact) mass is 279 g/mol. The van der Waals surface area contributed by atoms with Gasteiger partial charge in [0.15, 0.2) is 0 Å². The van der Waals surface area contributed by atoms with E-state index in [1.807, 2.05) is 14.1 Å². The topological polar surface area (TPSA) is 71.5 Å². The van der Waals surface area contributed by atoms with Gasteiger partial charge in [0.05, 0.1) is 0 Å². The van der Waals surface area contributed by atoms with Crippen molar-refractivity contribution in [2.45, 2.75) is 32.4 Å². The van der Waals surface area contributed by atoms with Crippen molar-refractivity contribution in [3.63, 3.8) is 0 Å². The highest BCUT2D eigenvalue weighted by Crippen LogP contribution is 2.21. The van der Waals surface area contributed by atoms with Crippen molar-refractivity contribution in [3.05, 3.63) is 23.9 Å². The second kappa shape index (κ2) is 6.36. The van der Waals surface area contributed by atoms with Gasteiger partial charge in [-0.05, 0) is 26.8 Å². The Morgan fingerprint density at radius 1 is 1.45 bits per heavy atom. The van der Waals surface area contributed by atoms with Gasteiger partial charge in [0.25, 0.3) is 0 Å². The fourth-order valence-corrected chi connectivity index (χ4v) is 1.65. The van der Waals surface area contributed by atoms with Crippen molar-refractivity contribution >= 4 is 18.2 Å². The van der Waals surface area contributed by atoms with Crippen LogP contribution in [0.3, 0.4) is 0 Å². The number of nitrogens with zero attached hydrogens (tertiary/aromatic N) is 2. The molecule has 0 spiro atoms. The Labute approximate surface area is 119 Å². The van der Waals surface area contributed by atoms with E-state index in [0.29, 0.717) is 17.7 Å². The fraction of sp³-hybridized carbons (Fsp3) is 0.500. The summed E-state index contributed by atoms with van der Waals surface area (Å²) in [6, 6.07) is 2.67. The molecule has 1 aromatic heterocycles. The standard InChI is InChI=1S/C14H21N3O3/c1-14(2,3)20-13(19)16-11(9-18)10-7-6-8-15-12(10)17(4)5/h6-9,11H,1-5H3,(H,16,19). The number of hydrogen-bond donors (Lipinski definition) is 1. The van der Waals surface area contributed by atoms with Crippen molar-refractivity contribution in [2.24, 2.45) is 0 Å². The van der Waals surface area contributed by atoms with Crippen LogP contribution in [0, 0.1) is 0 Å². The van der Waals surface area contributed by atoms with Crippen molar-refractivity contribution in [3.8, 4) is 0 Å². The minimum atomic E-state index is -0.795. The molecule has 1 heterocycles. The summed E-state index contributed by atoms with van der Waals surface area (Å²) in [5.74, 6) is 0.626. The summed E-state index contributed by atoms with van der Waals surface area (Å²) in [5.41, 5.74) is 0.00923. The number of carbonyl (C=O) groups excluding carboxylic acids is 2. The van der Waals surface area contributed by atoms with Crippen molar-refractivity contribution in [1.29, 1.82) is 0 Å². The number of ether oxygens (including phenoxy) is 1. The molecule has 1 rings (SSSR count). The lowest BCUT2D eigenvalue weighted by molar-refractivity contribution is -0.109. The molecule has 0 saturated heterocycles. The molecular weight excluding hydrogens is 258 g/mol. The lowest BCUT2D eigenvalue weighted by Crippen LogP contribution is -2.36. The number of amides is 1. The van der Waals surface area contributed by atoms with Crippen LogP contribution in [-0.2, 0) is 9.53 Å². The summed E-state index contributed by atoms with van der Waals surface area (Å²) in [5, 5.41) is 2.54. The van der Waals surface area contributed by atoms with Crippen LogP contribution in [0.15, 0.2) is 18.3 Å². The Kier molecular flexibility index (Phi) is 5.07. The molecule has 0 radical (unpaired) electrons. The SMILES string of the molecule is CN(C)c1ncccc1C(C=O)NC(=O)OC(C)(C)C. The third-order valence-corrected chi connectivity index (χ3v) is 2.38.